The fraction of sp³-hybridized carbons (Fsp3) is 0.200. The summed E-state index contributed by atoms with van der Waals surface area (Å²) in [6.45, 7) is 0.407. The molecular formula is C15H12ClF4N. The molecule has 0 atom stereocenters. The third-order valence-corrected chi connectivity index (χ3v) is 3.19. The summed E-state index contributed by atoms with van der Waals surface area (Å²) in [6.07, 6.45) is -3.93. The zero-order valence-corrected chi connectivity index (χ0v) is 11.6. The minimum absolute atomic E-state index is 0.0527. The molecular weight excluding hydrogens is 306 g/mol. The highest BCUT2D eigenvalue weighted by molar-refractivity contribution is 6.30. The van der Waals surface area contributed by atoms with Crippen molar-refractivity contribution in [2.45, 2.75) is 12.6 Å². The van der Waals surface area contributed by atoms with Gasteiger partial charge in [0.25, 0.3) is 0 Å². The van der Waals surface area contributed by atoms with Gasteiger partial charge in [-0.3, -0.25) is 0 Å². The molecule has 112 valence electrons. The zero-order valence-electron chi connectivity index (χ0n) is 10.8. The molecule has 0 aliphatic rings. The van der Waals surface area contributed by atoms with Crippen LogP contribution in [0, 0.1) is 5.82 Å². The van der Waals surface area contributed by atoms with E-state index in [-0.39, 0.29) is 5.69 Å². The first-order chi connectivity index (χ1) is 9.86. The molecule has 2 aromatic rings. The highest BCUT2D eigenvalue weighted by Crippen LogP contribution is 2.31. The Bertz CT molecular complexity index is 608. The quantitative estimate of drug-likeness (QED) is 0.769. The SMILES string of the molecule is Fc1cc(C(F)(F)F)ccc1NCCc1ccc(Cl)cc1. The van der Waals surface area contributed by atoms with Crippen molar-refractivity contribution < 1.29 is 17.6 Å². The monoisotopic (exact) mass is 317 g/mol. The molecule has 0 aromatic heterocycles. The largest absolute Gasteiger partial charge is 0.416 e. The van der Waals surface area contributed by atoms with Crippen LogP contribution in [-0.4, -0.2) is 6.54 Å². The van der Waals surface area contributed by atoms with Crippen LogP contribution in [-0.2, 0) is 12.6 Å². The first-order valence-electron chi connectivity index (χ1n) is 6.21. The molecule has 21 heavy (non-hydrogen) atoms. The Morgan fingerprint density at radius 3 is 2.24 bits per heavy atom. The van der Waals surface area contributed by atoms with E-state index in [9.17, 15) is 17.6 Å². The number of alkyl halides is 3. The molecule has 2 aromatic carbocycles. The average Bonchev–Trinajstić information content (AvgIpc) is 2.41. The van der Waals surface area contributed by atoms with Gasteiger partial charge < -0.3 is 5.32 Å². The second-order valence-corrected chi connectivity index (χ2v) is 4.93. The molecule has 0 unspecified atom stereocenters. The van der Waals surface area contributed by atoms with E-state index in [1.54, 1.807) is 12.1 Å². The third-order valence-electron chi connectivity index (χ3n) is 2.94. The molecule has 0 heterocycles. The topological polar surface area (TPSA) is 12.0 Å². The van der Waals surface area contributed by atoms with Crippen molar-refractivity contribution in [3.05, 3.63) is 64.4 Å². The molecule has 0 bridgehead atoms. The lowest BCUT2D eigenvalue weighted by Gasteiger charge is -2.11. The molecule has 2 rings (SSSR count). The van der Waals surface area contributed by atoms with Gasteiger partial charge in [0, 0.05) is 11.6 Å². The van der Waals surface area contributed by atoms with Crippen LogP contribution < -0.4 is 5.32 Å². The zero-order chi connectivity index (χ0) is 15.5. The van der Waals surface area contributed by atoms with Gasteiger partial charge in [0.05, 0.1) is 11.3 Å². The average molecular weight is 318 g/mol. The van der Waals surface area contributed by atoms with Crippen molar-refractivity contribution in [1.82, 2.24) is 0 Å². The molecule has 0 radical (unpaired) electrons. The summed E-state index contributed by atoms with van der Waals surface area (Å²) in [5, 5.41) is 3.40. The van der Waals surface area contributed by atoms with Gasteiger partial charge in [-0.05, 0) is 42.3 Å². The summed E-state index contributed by atoms with van der Waals surface area (Å²) in [4.78, 5) is 0. The number of halogens is 5. The predicted octanol–water partition coefficient (Wildman–Crippen LogP) is 5.15. The molecule has 0 fully saturated rings. The van der Waals surface area contributed by atoms with E-state index < -0.39 is 17.6 Å². The van der Waals surface area contributed by atoms with Gasteiger partial charge in [-0.1, -0.05) is 23.7 Å². The highest BCUT2D eigenvalue weighted by Gasteiger charge is 2.31. The van der Waals surface area contributed by atoms with Gasteiger partial charge in [-0.2, -0.15) is 13.2 Å². The van der Waals surface area contributed by atoms with Crippen molar-refractivity contribution in [3.63, 3.8) is 0 Å². The third kappa shape index (κ3) is 4.36. The molecule has 1 N–H and O–H groups in total. The highest BCUT2D eigenvalue weighted by atomic mass is 35.5. The van der Waals surface area contributed by atoms with E-state index in [1.807, 2.05) is 12.1 Å². The standard InChI is InChI=1S/C15H12ClF4N/c16-12-4-1-10(2-5-12)7-8-21-14-6-3-11(9-13(14)17)15(18,19)20/h1-6,9,21H,7-8H2. The Labute approximate surface area is 124 Å². The smallest absolute Gasteiger partial charge is 0.382 e. The van der Waals surface area contributed by atoms with E-state index in [0.717, 1.165) is 17.7 Å². The van der Waals surface area contributed by atoms with Crippen LogP contribution in [0.4, 0.5) is 23.2 Å². The van der Waals surface area contributed by atoms with Crippen molar-refractivity contribution in [1.29, 1.82) is 0 Å². The second-order valence-electron chi connectivity index (χ2n) is 4.50. The summed E-state index contributed by atoms with van der Waals surface area (Å²) in [5.41, 5.74) is 0.0550. The molecule has 6 heteroatoms. The first-order valence-corrected chi connectivity index (χ1v) is 6.59. The Hall–Kier alpha value is -1.75. The maximum Gasteiger partial charge on any atom is 0.416 e. The Kier molecular flexibility index (Phi) is 4.73. The fourth-order valence-corrected chi connectivity index (χ4v) is 1.95. The van der Waals surface area contributed by atoms with Gasteiger partial charge in [0.1, 0.15) is 5.82 Å². The molecule has 0 amide bonds. The number of hydrogen-bond donors (Lipinski definition) is 1. The number of nitrogens with one attached hydrogen (secondary N) is 1. The van der Waals surface area contributed by atoms with Crippen molar-refractivity contribution in [2.24, 2.45) is 0 Å². The summed E-state index contributed by atoms with van der Waals surface area (Å²) in [6, 6.07) is 9.61. The molecule has 0 aliphatic carbocycles. The van der Waals surface area contributed by atoms with Crippen LogP contribution in [0.3, 0.4) is 0 Å². The van der Waals surface area contributed by atoms with Gasteiger partial charge in [-0.15, -0.1) is 0 Å². The van der Waals surface area contributed by atoms with E-state index in [4.69, 9.17) is 11.6 Å². The van der Waals surface area contributed by atoms with E-state index in [0.29, 0.717) is 24.1 Å². The minimum Gasteiger partial charge on any atom is -0.382 e. The fourth-order valence-electron chi connectivity index (χ4n) is 1.83. The lowest BCUT2D eigenvalue weighted by molar-refractivity contribution is -0.137. The second kappa shape index (κ2) is 6.35. The van der Waals surface area contributed by atoms with Crippen molar-refractivity contribution >= 4 is 17.3 Å². The van der Waals surface area contributed by atoms with Crippen LogP contribution in [0.25, 0.3) is 0 Å². The van der Waals surface area contributed by atoms with Gasteiger partial charge in [0.2, 0.25) is 0 Å². The van der Waals surface area contributed by atoms with Gasteiger partial charge in [0.15, 0.2) is 0 Å². The van der Waals surface area contributed by atoms with Crippen LogP contribution >= 0.6 is 11.6 Å². The molecule has 0 saturated carbocycles. The summed E-state index contributed by atoms with van der Waals surface area (Å²) < 4.78 is 50.8. The minimum atomic E-state index is -4.54. The summed E-state index contributed by atoms with van der Waals surface area (Å²) in [5.74, 6) is -0.916. The summed E-state index contributed by atoms with van der Waals surface area (Å²) >= 11 is 5.76. The van der Waals surface area contributed by atoms with Crippen molar-refractivity contribution in [3.8, 4) is 0 Å². The summed E-state index contributed by atoms with van der Waals surface area (Å²) in [7, 11) is 0. The maximum absolute atomic E-state index is 13.6. The Morgan fingerprint density at radius 1 is 1.00 bits per heavy atom. The number of benzene rings is 2. The predicted molar refractivity (Wildman–Crippen MR) is 75.0 cm³/mol. The first kappa shape index (κ1) is 15.6. The number of rotatable bonds is 4. The lowest BCUT2D eigenvalue weighted by atomic mass is 10.1. The van der Waals surface area contributed by atoms with Crippen molar-refractivity contribution in [2.75, 3.05) is 11.9 Å². The van der Waals surface area contributed by atoms with Crippen LogP contribution in [0.2, 0.25) is 5.02 Å². The molecule has 1 nitrogen and oxygen atoms in total. The van der Waals surface area contributed by atoms with Gasteiger partial charge >= 0.3 is 6.18 Å². The van der Waals surface area contributed by atoms with E-state index in [1.165, 1.54) is 0 Å². The number of hydrogen-bond acceptors (Lipinski definition) is 1. The van der Waals surface area contributed by atoms with Crippen LogP contribution in [0.1, 0.15) is 11.1 Å². The molecule has 0 aliphatic heterocycles. The maximum atomic E-state index is 13.6. The Balaban J connectivity index is 1.96. The lowest BCUT2D eigenvalue weighted by Crippen LogP contribution is -2.09. The Morgan fingerprint density at radius 2 is 1.67 bits per heavy atom. The molecule has 0 saturated heterocycles. The van der Waals surface area contributed by atoms with Crippen LogP contribution in [0.15, 0.2) is 42.5 Å². The molecule has 0 spiro atoms. The van der Waals surface area contributed by atoms with E-state index in [2.05, 4.69) is 5.32 Å². The van der Waals surface area contributed by atoms with Crippen LogP contribution in [0.5, 0.6) is 0 Å². The van der Waals surface area contributed by atoms with Gasteiger partial charge in [-0.25, -0.2) is 4.39 Å². The normalized spacial score (nSPS) is 11.5. The van der Waals surface area contributed by atoms with E-state index >= 15 is 0 Å². The number of anilines is 1.